The summed E-state index contributed by atoms with van der Waals surface area (Å²) >= 11 is 6.39. The molecular formula is C65H49I3N8O9S3. The predicted octanol–water partition coefficient (Wildman–Crippen LogP) is 13.5. The van der Waals surface area contributed by atoms with Crippen LogP contribution in [-0.2, 0) is 39.5 Å². The lowest BCUT2D eigenvalue weighted by Crippen LogP contribution is -2.36. The fourth-order valence-electron chi connectivity index (χ4n) is 9.71. The van der Waals surface area contributed by atoms with E-state index < -0.39 is 30.1 Å². The van der Waals surface area contributed by atoms with Crippen molar-refractivity contribution < 1.29 is 39.5 Å². The van der Waals surface area contributed by atoms with Crippen molar-refractivity contribution in [2.24, 2.45) is 0 Å². The lowest BCUT2D eigenvalue weighted by molar-refractivity contribution is 0.0526. The molecule has 0 bridgehead atoms. The summed E-state index contributed by atoms with van der Waals surface area (Å²) in [6.45, 7) is 5.39. The molecule has 0 spiro atoms. The maximum absolute atomic E-state index is 13.1. The molecule has 0 aliphatic carbocycles. The van der Waals surface area contributed by atoms with Crippen molar-refractivity contribution in [3.63, 3.8) is 0 Å². The van der Waals surface area contributed by atoms with Crippen LogP contribution in [-0.4, -0.2) is 91.0 Å². The van der Waals surface area contributed by atoms with Crippen molar-refractivity contribution in [1.82, 2.24) is 26.9 Å². The number of nitrogens with zero attached hydrogens (tertiary/aromatic N) is 8. The van der Waals surface area contributed by atoms with Crippen LogP contribution >= 0.6 is 67.8 Å². The molecule has 88 heavy (non-hydrogen) atoms. The number of halogens is 3. The van der Waals surface area contributed by atoms with Crippen LogP contribution in [0.5, 0.6) is 0 Å². The third-order valence-electron chi connectivity index (χ3n) is 14.2. The van der Waals surface area contributed by atoms with E-state index in [1.807, 2.05) is 42.5 Å². The Kier molecular flexibility index (Phi) is 18.6. The molecule has 1 aliphatic heterocycles. The first-order chi connectivity index (χ1) is 42.5. The van der Waals surface area contributed by atoms with Crippen molar-refractivity contribution in [2.75, 3.05) is 37.8 Å². The molecule has 17 nitrogen and oxygen atoms in total. The van der Waals surface area contributed by atoms with Gasteiger partial charge >= 0.3 is 5.97 Å². The van der Waals surface area contributed by atoms with Gasteiger partial charge in [-0.2, -0.15) is 5.26 Å². The molecule has 6 aromatic carbocycles. The van der Waals surface area contributed by atoms with Gasteiger partial charge in [0.05, 0.1) is 51.7 Å². The summed E-state index contributed by atoms with van der Waals surface area (Å²) in [5.74, 6) is -0.365. The van der Waals surface area contributed by atoms with Gasteiger partial charge in [-0.15, -0.1) is 0 Å². The number of hydrogen-bond donors (Lipinski definition) is 0. The lowest BCUT2D eigenvalue weighted by Gasteiger charge is -2.28. The molecule has 12 aromatic rings. The minimum Gasteiger partial charge on any atom is -0.462 e. The first kappa shape index (κ1) is 61.8. The summed E-state index contributed by atoms with van der Waals surface area (Å²) in [6.07, 6.45) is 9.81. The number of morpholine rings is 1. The number of aromatic nitrogens is 6. The molecule has 1 fully saturated rings. The van der Waals surface area contributed by atoms with Crippen molar-refractivity contribution in [3.8, 4) is 39.4 Å². The SMILES string of the molecule is CCOC(=O)c1ccc(-c2cnc3c(c2)c(I)cn3S(=O)(=O)c2ccccc2)cc1.N#Cc1ccc(-c2cnc3c(c2)c(I)cn3S(=O)(=O)c2ccccc2)cc1.O=S(=O)(c1ccccc1)n1cc(I)c2cc(-c3ccc(N4CCOCC4)cc3)cnc21. The summed E-state index contributed by atoms with van der Waals surface area (Å²) in [4.78, 5) is 28.2. The number of esters is 1. The molecule has 0 radical (unpaired) electrons. The number of fused-ring (bicyclic) bond motifs is 3. The van der Waals surface area contributed by atoms with Gasteiger partial charge in [0.2, 0.25) is 0 Å². The Balaban J connectivity index is 0.000000137. The van der Waals surface area contributed by atoms with Crippen LogP contribution in [0.15, 0.2) is 234 Å². The largest absolute Gasteiger partial charge is 0.462 e. The van der Waals surface area contributed by atoms with Crippen molar-refractivity contribution in [1.29, 1.82) is 5.26 Å². The second-order valence-corrected chi connectivity index (χ2v) is 28.6. The maximum atomic E-state index is 13.1. The molecule has 7 heterocycles. The summed E-state index contributed by atoms with van der Waals surface area (Å²) < 4.78 is 94.8. The zero-order valence-electron chi connectivity index (χ0n) is 46.4. The van der Waals surface area contributed by atoms with Crippen molar-refractivity contribution in [3.05, 3.63) is 241 Å². The molecule has 1 aliphatic rings. The summed E-state index contributed by atoms with van der Waals surface area (Å²) in [5, 5.41) is 11.2. The highest BCUT2D eigenvalue weighted by molar-refractivity contribution is 14.1. The third-order valence-corrected chi connectivity index (χ3v) is 21.8. The zero-order valence-corrected chi connectivity index (χ0v) is 55.4. The van der Waals surface area contributed by atoms with Crippen LogP contribution in [0.2, 0.25) is 0 Å². The van der Waals surface area contributed by atoms with Gasteiger partial charge in [0.15, 0.2) is 16.9 Å². The fourth-order valence-corrected chi connectivity index (χ4v) is 16.3. The highest BCUT2D eigenvalue weighted by Gasteiger charge is 2.25. The predicted molar refractivity (Wildman–Crippen MR) is 364 cm³/mol. The van der Waals surface area contributed by atoms with E-state index in [0.29, 0.717) is 34.7 Å². The van der Waals surface area contributed by atoms with Gasteiger partial charge in [0, 0.05) is 99.5 Å². The van der Waals surface area contributed by atoms with Crippen LogP contribution in [0.25, 0.3) is 66.5 Å². The van der Waals surface area contributed by atoms with E-state index in [1.54, 1.807) is 159 Å². The van der Waals surface area contributed by atoms with Crippen LogP contribution in [0.1, 0.15) is 22.8 Å². The van der Waals surface area contributed by atoms with Gasteiger partial charge in [-0.1, -0.05) is 91.0 Å². The standard InChI is InChI=1S/C23H20IN3O3S.C22H17IN2O4S.C20H12IN3O2S/c24-22-16-27(31(28,29)20-4-2-1-3-5-20)23-21(22)14-18(15-25-23)17-6-8-19(9-7-17)26-10-12-30-13-11-26;1-2-29-22(26)16-10-8-15(9-11-16)17-12-19-20(23)14-25(21(19)24-13-17)30(27,28)18-6-4-3-5-7-18;21-19-13-24(27(25,26)17-4-2-1-3-5-17)20-18(19)10-16(12-23-20)15-8-6-14(11-22)7-9-15/h1-9,14-16H,10-13H2;3-14H,2H2,1H3;1-10,12-13H. The first-order valence-electron chi connectivity index (χ1n) is 27.1. The van der Waals surface area contributed by atoms with E-state index in [0.717, 1.165) is 86.6 Å². The number of ether oxygens (including phenoxy) is 2. The molecule has 6 aromatic heterocycles. The van der Waals surface area contributed by atoms with E-state index in [1.165, 1.54) is 17.6 Å². The second-order valence-electron chi connectivity index (χ2n) is 19.7. The maximum Gasteiger partial charge on any atom is 0.338 e. The number of hydrogen-bond acceptors (Lipinski definition) is 14. The summed E-state index contributed by atoms with van der Waals surface area (Å²) in [6, 6.07) is 55.6. The Bertz CT molecular complexity index is 4950. The Hall–Kier alpha value is -7.85. The van der Waals surface area contributed by atoms with Gasteiger partial charge in [-0.3, -0.25) is 0 Å². The number of nitriles is 1. The van der Waals surface area contributed by atoms with Crippen LogP contribution < -0.4 is 4.90 Å². The molecule has 0 saturated carbocycles. The second kappa shape index (κ2) is 26.5. The van der Waals surface area contributed by atoms with Crippen molar-refractivity contribution in [2.45, 2.75) is 21.6 Å². The lowest BCUT2D eigenvalue weighted by atomic mass is 10.0. The molecule has 442 valence electrons. The molecule has 0 atom stereocenters. The molecule has 23 heteroatoms. The minimum atomic E-state index is -3.74. The topological polar surface area (TPSA) is 218 Å². The summed E-state index contributed by atoms with van der Waals surface area (Å²) in [7, 11) is -11.2. The van der Waals surface area contributed by atoms with Gasteiger partial charge in [0.25, 0.3) is 30.1 Å². The van der Waals surface area contributed by atoms with E-state index in [4.69, 9.17) is 14.7 Å². The Morgan fingerprint density at radius 3 is 1.18 bits per heavy atom. The zero-order chi connectivity index (χ0) is 61.7. The Labute approximate surface area is 548 Å². The Morgan fingerprint density at radius 2 is 0.841 bits per heavy atom. The van der Waals surface area contributed by atoms with E-state index in [2.05, 4.69) is 118 Å². The third kappa shape index (κ3) is 12.9. The molecule has 13 rings (SSSR count). The van der Waals surface area contributed by atoms with Gasteiger partial charge in [-0.25, -0.2) is 56.9 Å². The molecule has 0 N–H and O–H groups in total. The first-order valence-corrected chi connectivity index (χ1v) is 34.6. The van der Waals surface area contributed by atoms with E-state index in [-0.39, 0.29) is 20.7 Å². The average Bonchev–Trinajstić information content (AvgIpc) is 2.07. The van der Waals surface area contributed by atoms with E-state index in [9.17, 15) is 30.0 Å². The molecule has 1 saturated heterocycles. The van der Waals surface area contributed by atoms with E-state index >= 15 is 0 Å². The highest BCUT2D eigenvalue weighted by atomic mass is 127. The molecule has 0 amide bonds. The van der Waals surface area contributed by atoms with Gasteiger partial charge in [-0.05, 0) is 182 Å². The quantitative estimate of drug-likeness (QED) is 0.0821. The highest BCUT2D eigenvalue weighted by Crippen LogP contribution is 2.34. The molecule has 0 unspecified atom stereocenters. The average molecular weight is 1560 g/mol. The van der Waals surface area contributed by atoms with Crippen LogP contribution in [0.4, 0.5) is 5.69 Å². The monoisotopic (exact) mass is 1560 g/mol. The fraction of sp³-hybridized carbons (Fsp3) is 0.0923. The minimum absolute atomic E-state index is 0.207. The van der Waals surface area contributed by atoms with Crippen molar-refractivity contribution >= 4 is 143 Å². The van der Waals surface area contributed by atoms with Gasteiger partial charge < -0.3 is 14.4 Å². The number of rotatable bonds is 12. The number of carbonyl (C=O) groups excluding carboxylic acids is 1. The summed E-state index contributed by atoms with van der Waals surface area (Å²) in [5.41, 5.74) is 8.89. The number of anilines is 1. The number of carbonyl (C=O) groups is 1. The van der Waals surface area contributed by atoms with Gasteiger partial charge in [0.1, 0.15) is 0 Å². The number of benzene rings is 6. The van der Waals surface area contributed by atoms with Crippen LogP contribution in [0, 0.1) is 22.0 Å². The Morgan fingerprint density at radius 1 is 0.500 bits per heavy atom. The number of pyridine rings is 3. The molecular weight excluding hydrogens is 1510 g/mol. The smallest absolute Gasteiger partial charge is 0.338 e. The normalized spacial score (nSPS) is 12.6. The van der Waals surface area contributed by atoms with Crippen LogP contribution in [0.3, 0.4) is 0 Å².